The number of hydrogen-bond donors (Lipinski definition) is 2. The van der Waals surface area contributed by atoms with Crippen LogP contribution in [0.5, 0.6) is 5.88 Å². The Labute approximate surface area is 168 Å². The van der Waals surface area contributed by atoms with E-state index in [9.17, 15) is 13.2 Å². The largest absolute Gasteiger partial charge is 0.481 e. The third-order valence-corrected chi connectivity index (χ3v) is 5.85. The van der Waals surface area contributed by atoms with Crippen molar-refractivity contribution >= 4 is 21.5 Å². The lowest BCUT2D eigenvalue weighted by atomic mass is 10.0. The van der Waals surface area contributed by atoms with E-state index in [1.54, 1.807) is 25.4 Å². The molecule has 0 fully saturated rings. The van der Waals surface area contributed by atoms with Gasteiger partial charge in [-0.25, -0.2) is 13.4 Å². The number of sulfone groups is 1. The number of carboxylic acids is 1. The number of anilines is 1. The lowest BCUT2D eigenvalue weighted by Gasteiger charge is -2.10. The standard InChI is InChI=1S/C21H20N2O5S/c1-28-20-12-17(9-10-22-20)16-4-2-3-15(11-16)13-23-18-5-7-19(8-6-18)29(26,27)14-21(24)25/h2-12,23H,13-14H2,1H3,(H,24,25). The SMILES string of the molecule is COc1cc(-c2cccc(CNc3ccc(S(=O)(=O)CC(=O)O)cc3)c2)ccn1. The van der Waals surface area contributed by atoms with Crippen molar-refractivity contribution < 1.29 is 23.1 Å². The van der Waals surface area contributed by atoms with Crippen molar-refractivity contribution in [3.05, 3.63) is 72.4 Å². The predicted octanol–water partition coefficient (Wildman–Crippen LogP) is 3.23. The number of nitrogens with zero attached hydrogens (tertiary/aromatic N) is 1. The first-order chi connectivity index (χ1) is 13.9. The molecule has 8 heteroatoms. The van der Waals surface area contributed by atoms with Crippen molar-refractivity contribution in [1.82, 2.24) is 4.98 Å². The van der Waals surface area contributed by atoms with Crippen LogP contribution in [0.3, 0.4) is 0 Å². The summed E-state index contributed by atoms with van der Waals surface area (Å²) in [6, 6.07) is 17.8. The number of aromatic nitrogens is 1. The van der Waals surface area contributed by atoms with Crippen molar-refractivity contribution in [3.8, 4) is 17.0 Å². The van der Waals surface area contributed by atoms with E-state index in [0.717, 1.165) is 22.4 Å². The zero-order valence-corrected chi connectivity index (χ0v) is 16.5. The minimum absolute atomic E-state index is 0.0147. The molecule has 29 heavy (non-hydrogen) atoms. The molecule has 7 nitrogen and oxygen atoms in total. The molecule has 0 aliphatic heterocycles. The van der Waals surface area contributed by atoms with E-state index in [0.29, 0.717) is 12.4 Å². The Balaban J connectivity index is 1.69. The molecular formula is C21H20N2O5S. The van der Waals surface area contributed by atoms with Crippen LogP contribution in [-0.4, -0.2) is 37.3 Å². The van der Waals surface area contributed by atoms with Crippen LogP contribution in [0.4, 0.5) is 5.69 Å². The Bertz CT molecular complexity index is 1110. The van der Waals surface area contributed by atoms with Gasteiger partial charge in [-0.2, -0.15) is 0 Å². The molecule has 0 spiro atoms. The van der Waals surface area contributed by atoms with E-state index >= 15 is 0 Å². The second-order valence-corrected chi connectivity index (χ2v) is 8.31. The highest BCUT2D eigenvalue weighted by atomic mass is 32.2. The van der Waals surface area contributed by atoms with Gasteiger partial charge in [0.25, 0.3) is 0 Å². The Morgan fingerprint density at radius 3 is 2.48 bits per heavy atom. The first-order valence-corrected chi connectivity index (χ1v) is 10.4. The van der Waals surface area contributed by atoms with Gasteiger partial charge in [0.15, 0.2) is 15.6 Å². The number of methoxy groups -OCH3 is 1. The summed E-state index contributed by atoms with van der Waals surface area (Å²) in [5.41, 5.74) is 3.79. The van der Waals surface area contributed by atoms with Crippen molar-refractivity contribution in [2.75, 3.05) is 18.2 Å². The van der Waals surface area contributed by atoms with E-state index in [-0.39, 0.29) is 4.90 Å². The number of benzene rings is 2. The predicted molar refractivity (Wildman–Crippen MR) is 110 cm³/mol. The van der Waals surface area contributed by atoms with Crippen LogP contribution in [0.25, 0.3) is 11.1 Å². The second-order valence-electron chi connectivity index (χ2n) is 6.32. The van der Waals surface area contributed by atoms with E-state index in [2.05, 4.69) is 10.3 Å². The Morgan fingerprint density at radius 2 is 1.79 bits per heavy atom. The normalized spacial score (nSPS) is 11.1. The quantitative estimate of drug-likeness (QED) is 0.585. The van der Waals surface area contributed by atoms with Gasteiger partial charge in [0.05, 0.1) is 12.0 Å². The fourth-order valence-electron chi connectivity index (χ4n) is 2.79. The molecule has 0 unspecified atom stereocenters. The van der Waals surface area contributed by atoms with Gasteiger partial charge >= 0.3 is 5.97 Å². The fraction of sp³-hybridized carbons (Fsp3) is 0.143. The highest BCUT2D eigenvalue weighted by Crippen LogP contribution is 2.23. The van der Waals surface area contributed by atoms with Gasteiger partial charge in [-0.1, -0.05) is 18.2 Å². The minimum atomic E-state index is -3.83. The molecule has 1 aromatic heterocycles. The average molecular weight is 412 g/mol. The molecule has 0 atom stereocenters. The van der Waals surface area contributed by atoms with Crippen LogP contribution >= 0.6 is 0 Å². The van der Waals surface area contributed by atoms with Gasteiger partial charge in [-0.3, -0.25) is 4.79 Å². The summed E-state index contributed by atoms with van der Waals surface area (Å²) >= 11 is 0. The number of pyridine rings is 1. The molecule has 3 aromatic rings. The molecule has 1 heterocycles. The number of nitrogens with one attached hydrogen (secondary N) is 1. The molecule has 0 aliphatic rings. The lowest BCUT2D eigenvalue weighted by molar-refractivity contribution is -0.134. The van der Waals surface area contributed by atoms with Crippen LogP contribution in [-0.2, 0) is 21.2 Å². The van der Waals surface area contributed by atoms with E-state index in [4.69, 9.17) is 9.84 Å². The van der Waals surface area contributed by atoms with Crippen LogP contribution in [0.15, 0.2) is 71.8 Å². The second kappa shape index (κ2) is 8.74. The number of carboxylic acid groups (broad SMARTS) is 1. The molecule has 3 rings (SSSR count). The Hall–Kier alpha value is -3.39. The van der Waals surface area contributed by atoms with Gasteiger partial charge in [-0.05, 0) is 53.1 Å². The average Bonchev–Trinajstić information content (AvgIpc) is 2.72. The summed E-state index contributed by atoms with van der Waals surface area (Å²) in [6.07, 6.45) is 1.69. The zero-order valence-electron chi connectivity index (χ0n) is 15.7. The molecule has 0 saturated heterocycles. The summed E-state index contributed by atoms with van der Waals surface area (Å²) in [5, 5.41) is 11.9. The lowest BCUT2D eigenvalue weighted by Crippen LogP contribution is -2.15. The molecule has 0 aliphatic carbocycles. The molecule has 2 N–H and O–H groups in total. The maximum Gasteiger partial charge on any atom is 0.319 e. The topological polar surface area (TPSA) is 106 Å². The highest BCUT2D eigenvalue weighted by Gasteiger charge is 2.18. The highest BCUT2D eigenvalue weighted by molar-refractivity contribution is 7.92. The first kappa shape index (κ1) is 20.3. The number of rotatable bonds is 8. The smallest absolute Gasteiger partial charge is 0.319 e. The van der Waals surface area contributed by atoms with Gasteiger partial charge in [0, 0.05) is 24.5 Å². The van der Waals surface area contributed by atoms with Crippen LogP contribution in [0.2, 0.25) is 0 Å². The number of hydrogen-bond acceptors (Lipinski definition) is 6. The third-order valence-electron chi connectivity index (χ3n) is 4.23. The molecular weight excluding hydrogens is 392 g/mol. The van der Waals surface area contributed by atoms with Gasteiger partial charge in [-0.15, -0.1) is 0 Å². The maximum atomic E-state index is 11.9. The Kier molecular flexibility index (Phi) is 6.13. The summed E-state index contributed by atoms with van der Waals surface area (Å²) < 4.78 is 29.0. The summed E-state index contributed by atoms with van der Waals surface area (Å²) in [6.45, 7) is 0.539. The van der Waals surface area contributed by atoms with Crippen LogP contribution in [0.1, 0.15) is 5.56 Å². The van der Waals surface area contributed by atoms with Gasteiger partial charge < -0.3 is 15.2 Å². The van der Waals surface area contributed by atoms with Crippen molar-refractivity contribution in [3.63, 3.8) is 0 Å². The number of aliphatic carboxylic acids is 1. The fourth-order valence-corrected chi connectivity index (χ4v) is 3.83. The maximum absolute atomic E-state index is 11.9. The zero-order chi connectivity index (χ0) is 20.9. The van der Waals surface area contributed by atoms with E-state index in [1.165, 1.54) is 12.1 Å². The van der Waals surface area contributed by atoms with Crippen LogP contribution < -0.4 is 10.1 Å². The van der Waals surface area contributed by atoms with Crippen molar-refractivity contribution in [2.24, 2.45) is 0 Å². The molecule has 0 amide bonds. The molecule has 2 aromatic carbocycles. The molecule has 150 valence electrons. The minimum Gasteiger partial charge on any atom is -0.481 e. The van der Waals surface area contributed by atoms with E-state index < -0.39 is 21.6 Å². The number of carbonyl (C=O) groups is 1. The first-order valence-electron chi connectivity index (χ1n) is 8.75. The molecule has 0 saturated carbocycles. The third kappa shape index (κ3) is 5.32. The molecule has 0 bridgehead atoms. The van der Waals surface area contributed by atoms with E-state index in [1.807, 2.05) is 36.4 Å². The number of ether oxygens (including phenoxy) is 1. The van der Waals surface area contributed by atoms with Crippen molar-refractivity contribution in [1.29, 1.82) is 0 Å². The molecule has 0 radical (unpaired) electrons. The Morgan fingerprint density at radius 1 is 1.07 bits per heavy atom. The summed E-state index contributed by atoms with van der Waals surface area (Å²) in [5.74, 6) is -1.75. The monoisotopic (exact) mass is 412 g/mol. The summed E-state index contributed by atoms with van der Waals surface area (Å²) in [7, 11) is -2.25. The van der Waals surface area contributed by atoms with Crippen molar-refractivity contribution in [2.45, 2.75) is 11.4 Å². The van der Waals surface area contributed by atoms with Crippen LogP contribution in [0, 0.1) is 0 Å². The van der Waals surface area contributed by atoms with Gasteiger partial charge in [0.2, 0.25) is 5.88 Å². The van der Waals surface area contributed by atoms with Gasteiger partial charge in [0.1, 0.15) is 0 Å². The summed E-state index contributed by atoms with van der Waals surface area (Å²) in [4.78, 5) is 14.8.